The second-order valence-corrected chi connectivity index (χ2v) is 7.62. The molecule has 0 aromatic heterocycles. The fraction of sp³-hybridized carbons (Fsp3) is 0.600. The van der Waals surface area contributed by atoms with Crippen molar-refractivity contribution in [3.8, 4) is 0 Å². The lowest BCUT2D eigenvalue weighted by atomic mass is 10.2. The van der Waals surface area contributed by atoms with Crippen LogP contribution >= 0.6 is 24.8 Å². The molecule has 0 aliphatic carbocycles. The molecule has 1 aromatic rings. The number of benzene rings is 1. The largest absolute Gasteiger partial charge is 0.443 e. The Labute approximate surface area is 184 Å². The van der Waals surface area contributed by atoms with Crippen LogP contribution < -0.4 is 4.90 Å². The van der Waals surface area contributed by atoms with Gasteiger partial charge in [0.2, 0.25) is 5.91 Å². The summed E-state index contributed by atoms with van der Waals surface area (Å²) in [4.78, 5) is 32.7. The summed E-state index contributed by atoms with van der Waals surface area (Å²) in [5.74, 6) is 0.268. The molecule has 29 heavy (non-hydrogen) atoms. The lowest BCUT2D eigenvalue weighted by Crippen LogP contribution is -2.51. The fourth-order valence-electron chi connectivity index (χ4n) is 4.11. The van der Waals surface area contributed by atoms with Crippen molar-refractivity contribution in [1.82, 2.24) is 14.7 Å². The summed E-state index contributed by atoms with van der Waals surface area (Å²) >= 11 is 0. The molecule has 3 aliphatic rings. The molecule has 2 amide bonds. The van der Waals surface area contributed by atoms with Crippen LogP contribution in [0.1, 0.15) is 12.8 Å². The normalized spacial score (nSPS) is 22.8. The highest BCUT2D eigenvalue weighted by Crippen LogP contribution is 2.22. The van der Waals surface area contributed by atoms with Crippen LogP contribution in [0.25, 0.3) is 0 Å². The third-order valence-electron chi connectivity index (χ3n) is 5.69. The second-order valence-electron chi connectivity index (χ2n) is 7.62. The maximum Gasteiger partial charge on any atom is 0.414 e. The molecule has 1 aromatic carbocycles. The average molecular weight is 445 g/mol. The Hall–Kier alpha value is -1.54. The zero-order valence-corrected chi connectivity index (χ0v) is 18.2. The van der Waals surface area contributed by atoms with E-state index in [0.717, 1.165) is 64.3 Å². The molecule has 9 heteroatoms. The molecule has 3 saturated heterocycles. The number of anilines is 1. The fourth-order valence-corrected chi connectivity index (χ4v) is 4.11. The topological polar surface area (TPSA) is 56.3 Å². The van der Waals surface area contributed by atoms with E-state index < -0.39 is 0 Å². The van der Waals surface area contributed by atoms with Crippen LogP contribution in [-0.4, -0.2) is 91.7 Å². The number of rotatable bonds is 5. The number of amides is 2. The molecule has 0 bridgehead atoms. The van der Waals surface area contributed by atoms with Crippen molar-refractivity contribution in [2.45, 2.75) is 18.9 Å². The molecule has 3 aliphatic heterocycles. The molecular formula is C20H30Cl2N4O3. The molecule has 1 unspecified atom stereocenters. The molecule has 0 N–H and O–H groups in total. The van der Waals surface area contributed by atoms with Crippen LogP contribution in [0.2, 0.25) is 0 Å². The minimum Gasteiger partial charge on any atom is -0.443 e. The predicted octanol–water partition coefficient (Wildman–Crippen LogP) is 2.10. The Balaban J connectivity index is 0.00000150. The quantitative estimate of drug-likeness (QED) is 0.695. The zero-order chi connectivity index (χ0) is 18.6. The third kappa shape index (κ3) is 5.98. The molecule has 0 saturated carbocycles. The lowest BCUT2D eigenvalue weighted by Gasteiger charge is -2.35. The highest BCUT2D eigenvalue weighted by atomic mass is 35.5. The van der Waals surface area contributed by atoms with E-state index in [1.54, 1.807) is 4.90 Å². The third-order valence-corrected chi connectivity index (χ3v) is 5.69. The van der Waals surface area contributed by atoms with Crippen LogP contribution in [0.3, 0.4) is 0 Å². The van der Waals surface area contributed by atoms with E-state index in [-0.39, 0.29) is 42.9 Å². The number of ether oxygens (including phenoxy) is 1. The molecular weight excluding hydrogens is 415 g/mol. The Morgan fingerprint density at radius 1 is 0.931 bits per heavy atom. The van der Waals surface area contributed by atoms with Crippen molar-refractivity contribution in [3.05, 3.63) is 30.3 Å². The van der Waals surface area contributed by atoms with Gasteiger partial charge < -0.3 is 9.64 Å². The number of carbonyl (C=O) groups excluding carboxylic acids is 2. The van der Waals surface area contributed by atoms with Gasteiger partial charge in [-0.25, -0.2) is 4.79 Å². The van der Waals surface area contributed by atoms with Crippen LogP contribution in [0.4, 0.5) is 10.5 Å². The number of cyclic esters (lactones) is 1. The van der Waals surface area contributed by atoms with E-state index in [2.05, 4.69) is 9.80 Å². The van der Waals surface area contributed by atoms with Gasteiger partial charge in [0.15, 0.2) is 0 Å². The van der Waals surface area contributed by atoms with Gasteiger partial charge in [-0.3, -0.25) is 19.5 Å². The minimum atomic E-state index is -0.263. The summed E-state index contributed by atoms with van der Waals surface area (Å²) in [6.45, 7) is 7.33. The highest BCUT2D eigenvalue weighted by molar-refractivity contribution is 5.89. The Kier molecular flexibility index (Phi) is 9.02. The van der Waals surface area contributed by atoms with Gasteiger partial charge in [-0.1, -0.05) is 18.2 Å². The summed E-state index contributed by atoms with van der Waals surface area (Å²) in [6, 6.07) is 9.66. The van der Waals surface area contributed by atoms with Crippen molar-refractivity contribution >= 4 is 42.5 Å². The number of nitrogens with zero attached hydrogens (tertiary/aromatic N) is 4. The monoisotopic (exact) mass is 444 g/mol. The van der Waals surface area contributed by atoms with Gasteiger partial charge >= 0.3 is 6.09 Å². The number of hydrogen-bond acceptors (Lipinski definition) is 5. The molecule has 1 atom stereocenters. The van der Waals surface area contributed by atoms with E-state index in [1.165, 1.54) is 0 Å². The molecule has 3 fully saturated rings. The first kappa shape index (κ1) is 23.7. The van der Waals surface area contributed by atoms with Crippen molar-refractivity contribution in [2.75, 3.05) is 63.8 Å². The highest BCUT2D eigenvalue weighted by Gasteiger charge is 2.34. The standard InChI is InChI=1S/C20H28N4O3.2ClH/c25-19(23-8-4-5-9-23)16-22-12-10-21(11-13-22)14-18-15-24(20(26)27-18)17-6-2-1-3-7-17;;/h1-3,6-7,18H,4-5,8-16H2;2*1H. The summed E-state index contributed by atoms with van der Waals surface area (Å²) in [5.41, 5.74) is 0.884. The van der Waals surface area contributed by atoms with Gasteiger partial charge in [0.1, 0.15) is 6.10 Å². The number of hydrogen-bond donors (Lipinski definition) is 0. The number of piperazine rings is 1. The SMILES string of the molecule is Cl.Cl.O=C(CN1CCN(CC2CN(c3ccccc3)C(=O)O2)CC1)N1CCCC1. The molecule has 3 heterocycles. The molecule has 0 radical (unpaired) electrons. The van der Waals surface area contributed by atoms with Crippen LogP contribution in [0.15, 0.2) is 30.3 Å². The summed E-state index contributed by atoms with van der Waals surface area (Å²) in [5, 5.41) is 0. The molecule has 162 valence electrons. The van der Waals surface area contributed by atoms with Gasteiger partial charge in [-0.05, 0) is 25.0 Å². The van der Waals surface area contributed by atoms with Crippen LogP contribution in [0, 0.1) is 0 Å². The number of likely N-dealkylation sites (tertiary alicyclic amines) is 1. The van der Waals surface area contributed by atoms with E-state index >= 15 is 0 Å². The second kappa shape index (κ2) is 11.0. The first-order valence-corrected chi connectivity index (χ1v) is 9.95. The molecule has 4 rings (SSSR count). The van der Waals surface area contributed by atoms with Crippen molar-refractivity contribution in [3.63, 3.8) is 0 Å². The van der Waals surface area contributed by atoms with Crippen molar-refractivity contribution < 1.29 is 14.3 Å². The number of carbonyl (C=O) groups is 2. The molecule has 0 spiro atoms. The van der Waals surface area contributed by atoms with Crippen molar-refractivity contribution in [1.29, 1.82) is 0 Å². The van der Waals surface area contributed by atoms with Gasteiger partial charge in [0, 0.05) is 51.5 Å². The maximum atomic E-state index is 12.3. The van der Waals surface area contributed by atoms with Gasteiger partial charge in [0.05, 0.1) is 13.1 Å². The van der Waals surface area contributed by atoms with Gasteiger partial charge in [-0.2, -0.15) is 0 Å². The van der Waals surface area contributed by atoms with E-state index in [4.69, 9.17) is 4.74 Å². The number of halogens is 2. The lowest BCUT2D eigenvalue weighted by molar-refractivity contribution is -0.131. The van der Waals surface area contributed by atoms with E-state index in [0.29, 0.717) is 13.1 Å². The maximum absolute atomic E-state index is 12.3. The van der Waals surface area contributed by atoms with Gasteiger partial charge in [0.25, 0.3) is 0 Å². The van der Waals surface area contributed by atoms with E-state index in [9.17, 15) is 9.59 Å². The van der Waals surface area contributed by atoms with Crippen LogP contribution in [0.5, 0.6) is 0 Å². The smallest absolute Gasteiger partial charge is 0.414 e. The Morgan fingerprint density at radius 3 is 2.21 bits per heavy atom. The van der Waals surface area contributed by atoms with E-state index in [1.807, 2.05) is 35.2 Å². The number of para-hydroxylation sites is 1. The Morgan fingerprint density at radius 2 is 1.55 bits per heavy atom. The minimum absolute atomic E-state index is 0. The summed E-state index contributed by atoms with van der Waals surface area (Å²) < 4.78 is 5.56. The predicted molar refractivity (Wildman–Crippen MR) is 117 cm³/mol. The van der Waals surface area contributed by atoms with Crippen molar-refractivity contribution in [2.24, 2.45) is 0 Å². The Bertz CT molecular complexity index is 665. The molecule has 7 nitrogen and oxygen atoms in total. The summed E-state index contributed by atoms with van der Waals surface area (Å²) in [6.07, 6.45) is 1.91. The van der Waals surface area contributed by atoms with Crippen LogP contribution in [-0.2, 0) is 9.53 Å². The van der Waals surface area contributed by atoms with Gasteiger partial charge in [-0.15, -0.1) is 24.8 Å². The first-order chi connectivity index (χ1) is 13.2. The zero-order valence-electron chi connectivity index (χ0n) is 16.6. The summed E-state index contributed by atoms with van der Waals surface area (Å²) in [7, 11) is 0. The average Bonchev–Trinajstić information content (AvgIpc) is 3.34. The first-order valence-electron chi connectivity index (χ1n) is 9.95.